The third-order valence-electron chi connectivity index (χ3n) is 3.19. The van der Waals surface area contributed by atoms with Crippen LogP contribution in [0.25, 0.3) is 0 Å². The van der Waals surface area contributed by atoms with Crippen LogP contribution in [0.3, 0.4) is 0 Å². The van der Waals surface area contributed by atoms with E-state index in [4.69, 9.17) is 26.2 Å². The summed E-state index contributed by atoms with van der Waals surface area (Å²) < 4.78 is 10.7. The van der Waals surface area contributed by atoms with Crippen molar-refractivity contribution in [1.29, 1.82) is 0 Å². The fourth-order valence-electron chi connectivity index (χ4n) is 2.12. The molecular formula is C13H17ClO3. The molecule has 1 aliphatic rings. The highest BCUT2D eigenvalue weighted by atomic mass is 35.5. The van der Waals surface area contributed by atoms with E-state index < -0.39 is 0 Å². The Morgan fingerprint density at radius 2 is 2.24 bits per heavy atom. The Hall–Kier alpha value is -0.770. The first-order chi connectivity index (χ1) is 8.22. The van der Waals surface area contributed by atoms with Gasteiger partial charge in [0.15, 0.2) is 0 Å². The van der Waals surface area contributed by atoms with Crippen molar-refractivity contribution in [2.75, 3.05) is 26.4 Å². The Morgan fingerprint density at radius 3 is 2.71 bits per heavy atom. The first-order valence-electron chi connectivity index (χ1n) is 5.83. The van der Waals surface area contributed by atoms with Gasteiger partial charge in [-0.2, -0.15) is 0 Å². The number of aliphatic hydroxyl groups excluding tert-OH is 1. The van der Waals surface area contributed by atoms with Crippen molar-refractivity contribution >= 4 is 11.6 Å². The molecule has 0 atom stereocenters. The van der Waals surface area contributed by atoms with E-state index >= 15 is 0 Å². The molecule has 0 unspecified atom stereocenters. The van der Waals surface area contributed by atoms with Gasteiger partial charge in [-0.3, -0.25) is 0 Å². The van der Waals surface area contributed by atoms with E-state index in [9.17, 15) is 0 Å². The summed E-state index contributed by atoms with van der Waals surface area (Å²) in [5.74, 6) is 0.706. The zero-order valence-electron chi connectivity index (χ0n) is 9.91. The summed E-state index contributed by atoms with van der Waals surface area (Å²) in [5.41, 5.74) is 1.05. The molecule has 1 aromatic carbocycles. The summed E-state index contributed by atoms with van der Waals surface area (Å²) in [7, 11) is 0. The van der Waals surface area contributed by atoms with Crippen LogP contribution in [0.4, 0.5) is 0 Å². The maximum absolute atomic E-state index is 9.12. The van der Waals surface area contributed by atoms with Crippen LogP contribution >= 0.6 is 11.6 Å². The van der Waals surface area contributed by atoms with Gasteiger partial charge in [0.1, 0.15) is 5.75 Å². The standard InChI is InChI=1S/C13H17ClO3/c1-2-17-12-4-3-10(7-11(12)14)13(5-6-15)8-16-9-13/h3-4,7,15H,2,5-6,8-9H2,1H3. The zero-order chi connectivity index (χ0) is 12.3. The van der Waals surface area contributed by atoms with Crippen LogP contribution in [0, 0.1) is 0 Å². The van der Waals surface area contributed by atoms with E-state index in [1.165, 1.54) is 0 Å². The molecule has 1 saturated heterocycles. The molecular weight excluding hydrogens is 240 g/mol. The van der Waals surface area contributed by atoms with Crippen molar-refractivity contribution in [2.45, 2.75) is 18.8 Å². The second-order valence-corrected chi connectivity index (χ2v) is 4.73. The monoisotopic (exact) mass is 256 g/mol. The first kappa shape index (κ1) is 12.7. The third kappa shape index (κ3) is 2.41. The van der Waals surface area contributed by atoms with Crippen LogP contribution in [0.5, 0.6) is 5.75 Å². The molecule has 0 radical (unpaired) electrons. The van der Waals surface area contributed by atoms with Gasteiger partial charge in [0.2, 0.25) is 0 Å². The molecule has 0 aliphatic carbocycles. The quantitative estimate of drug-likeness (QED) is 0.879. The molecule has 1 N–H and O–H groups in total. The van der Waals surface area contributed by atoms with Crippen molar-refractivity contribution in [1.82, 2.24) is 0 Å². The van der Waals surface area contributed by atoms with Crippen LogP contribution in [0.1, 0.15) is 18.9 Å². The molecule has 0 bridgehead atoms. The van der Waals surface area contributed by atoms with Crippen LogP contribution in [-0.4, -0.2) is 31.5 Å². The van der Waals surface area contributed by atoms with Gasteiger partial charge in [0.25, 0.3) is 0 Å². The fraction of sp³-hybridized carbons (Fsp3) is 0.538. The largest absolute Gasteiger partial charge is 0.492 e. The number of hydrogen-bond donors (Lipinski definition) is 1. The number of aliphatic hydroxyl groups is 1. The van der Waals surface area contributed by atoms with E-state index in [0.717, 1.165) is 5.56 Å². The van der Waals surface area contributed by atoms with Gasteiger partial charge in [0.05, 0.1) is 24.8 Å². The normalized spacial score (nSPS) is 17.6. The lowest BCUT2D eigenvalue weighted by atomic mass is 9.76. The number of rotatable bonds is 5. The summed E-state index contributed by atoms with van der Waals surface area (Å²) >= 11 is 6.17. The van der Waals surface area contributed by atoms with Gasteiger partial charge < -0.3 is 14.6 Å². The molecule has 1 heterocycles. The first-order valence-corrected chi connectivity index (χ1v) is 6.21. The maximum Gasteiger partial charge on any atom is 0.137 e. The molecule has 17 heavy (non-hydrogen) atoms. The molecule has 3 nitrogen and oxygen atoms in total. The van der Waals surface area contributed by atoms with Crippen LogP contribution < -0.4 is 4.74 Å². The second-order valence-electron chi connectivity index (χ2n) is 4.32. The van der Waals surface area contributed by atoms with Crippen molar-refractivity contribution in [3.8, 4) is 5.75 Å². The SMILES string of the molecule is CCOc1ccc(C2(CCO)COC2)cc1Cl. The lowest BCUT2D eigenvalue weighted by Gasteiger charge is -2.41. The highest BCUT2D eigenvalue weighted by molar-refractivity contribution is 6.32. The Balaban J connectivity index is 2.24. The molecule has 0 amide bonds. The highest BCUT2D eigenvalue weighted by Gasteiger charge is 2.39. The van der Waals surface area contributed by atoms with Gasteiger partial charge in [-0.05, 0) is 31.0 Å². The number of benzene rings is 1. The second kappa shape index (κ2) is 5.25. The average Bonchev–Trinajstić information content (AvgIpc) is 2.27. The predicted molar refractivity (Wildman–Crippen MR) is 66.8 cm³/mol. The van der Waals surface area contributed by atoms with E-state index in [1.54, 1.807) is 0 Å². The molecule has 0 spiro atoms. The minimum atomic E-state index is -0.0663. The average molecular weight is 257 g/mol. The van der Waals surface area contributed by atoms with Crippen molar-refractivity contribution in [3.63, 3.8) is 0 Å². The van der Waals surface area contributed by atoms with Crippen molar-refractivity contribution in [2.24, 2.45) is 0 Å². The Bertz CT molecular complexity index is 388. The molecule has 1 aliphatic heterocycles. The molecule has 4 heteroatoms. The smallest absolute Gasteiger partial charge is 0.137 e. The summed E-state index contributed by atoms with van der Waals surface area (Å²) in [6, 6.07) is 5.82. The van der Waals surface area contributed by atoms with E-state index in [1.807, 2.05) is 25.1 Å². The van der Waals surface area contributed by atoms with Gasteiger partial charge in [-0.1, -0.05) is 17.7 Å². The minimum absolute atomic E-state index is 0.0663. The number of halogens is 1. The molecule has 1 aromatic rings. The zero-order valence-corrected chi connectivity index (χ0v) is 10.7. The maximum atomic E-state index is 9.12. The Labute approximate surface area is 106 Å². The van der Waals surface area contributed by atoms with Gasteiger partial charge in [-0.15, -0.1) is 0 Å². The highest BCUT2D eigenvalue weighted by Crippen LogP contribution is 2.38. The Morgan fingerprint density at radius 1 is 1.47 bits per heavy atom. The summed E-state index contributed by atoms with van der Waals surface area (Å²) in [6.45, 7) is 3.99. The topological polar surface area (TPSA) is 38.7 Å². The van der Waals surface area contributed by atoms with E-state index in [2.05, 4.69) is 0 Å². The summed E-state index contributed by atoms with van der Waals surface area (Å²) in [5, 5.41) is 9.74. The summed E-state index contributed by atoms with van der Waals surface area (Å²) in [6.07, 6.45) is 0.706. The predicted octanol–water partition coefficient (Wildman–Crippen LogP) is 2.39. The van der Waals surface area contributed by atoms with Crippen LogP contribution in [0.2, 0.25) is 5.02 Å². The van der Waals surface area contributed by atoms with Gasteiger partial charge in [0, 0.05) is 12.0 Å². The Kier molecular flexibility index (Phi) is 3.92. The lowest BCUT2D eigenvalue weighted by Crippen LogP contribution is -2.47. The van der Waals surface area contributed by atoms with Gasteiger partial charge in [-0.25, -0.2) is 0 Å². The van der Waals surface area contributed by atoms with Crippen molar-refractivity contribution < 1.29 is 14.6 Å². The van der Waals surface area contributed by atoms with Crippen LogP contribution in [-0.2, 0) is 10.2 Å². The fourth-order valence-corrected chi connectivity index (χ4v) is 2.36. The number of ether oxygens (including phenoxy) is 2. The molecule has 0 aromatic heterocycles. The molecule has 2 rings (SSSR count). The van der Waals surface area contributed by atoms with E-state index in [0.29, 0.717) is 37.0 Å². The third-order valence-corrected chi connectivity index (χ3v) is 3.49. The molecule has 94 valence electrons. The number of hydrogen-bond acceptors (Lipinski definition) is 3. The van der Waals surface area contributed by atoms with Gasteiger partial charge >= 0.3 is 0 Å². The molecule has 1 fully saturated rings. The van der Waals surface area contributed by atoms with Crippen LogP contribution in [0.15, 0.2) is 18.2 Å². The van der Waals surface area contributed by atoms with Crippen molar-refractivity contribution in [3.05, 3.63) is 28.8 Å². The minimum Gasteiger partial charge on any atom is -0.492 e. The van der Waals surface area contributed by atoms with E-state index in [-0.39, 0.29) is 12.0 Å². The summed E-state index contributed by atoms with van der Waals surface area (Å²) in [4.78, 5) is 0. The lowest BCUT2D eigenvalue weighted by molar-refractivity contribution is -0.0701. The molecule has 0 saturated carbocycles.